The maximum atomic E-state index is 13.4. The van der Waals surface area contributed by atoms with E-state index in [2.05, 4.69) is 48.3 Å². The van der Waals surface area contributed by atoms with E-state index in [0.29, 0.717) is 18.9 Å². The Hall–Kier alpha value is -1.96. The van der Waals surface area contributed by atoms with E-state index in [4.69, 9.17) is 10.5 Å². The fraction of sp³-hybridized carbons (Fsp3) is 0.692. The first kappa shape index (κ1) is 25.7. The lowest BCUT2D eigenvalue weighted by atomic mass is 9.90. The van der Waals surface area contributed by atoms with Crippen molar-refractivity contribution in [3.05, 3.63) is 35.9 Å². The van der Waals surface area contributed by atoms with Crippen molar-refractivity contribution >= 4 is 11.8 Å². The molecule has 1 aromatic carbocycles. The second-order valence-corrected chi connectivity index (χ2v) is 10.1. The molecule has 1 unspecified atom stereocenters. The van der Waals surface area contributed by atoms with Crippen LogP contribution >= 0.6 is 0 Å². The molecule has 1 heterocycles. The first-order valence-corrected chi connectivity index (χ1v) is 12.5. The lowest BCUT2D eigenvalue weighted by Gasteiger charge is -2.44. The summed E-state index contributed by atoms with van der Waals surface area (Å²) in [6.07, 6.45) is 5.18. The first-order valence-electron chi connectivity index (χ1n) is 12.5. The number of hydrogen-bond acceptors (Lipinski definition) is 5. The molecule has 184 valence electrons. The molecule has 2 atom stereocenters. The molecule has 1 saturated heterocycles. The van der Waals surface area contributed by atoms with Gasteiger partial charge in [0, 0.05) is 44.9 Å². The molecule has 1 aliphatic heterocycles. The van der Waals surface area contributed by atoms with Gasteiger partial charge in [-0.1, -0.05) is 44.2 Å². The number of carbonyl (C=O) groups is 2. The van der Waals surface area contributed by atoms with E-state index in [0.717, 1.165) is 45.2 Å². The quantitative estimate of drug-likeness (QED) is 0.594. The maximum Gasteiger partial charge on any atom is 0.249 e. The lowest BCUT2D eigenvalue weighted by molar-refractivity contribution is -0.147. The zero-order chi connectivity index (χ0) is 23.8. The van der Waals surface area contributed by atoms with Crippen LogP contribution in [0.1, 0.15) is 57.9 Å². The van der Waals surface area contributed by atoms with E-state index in [1.54, 1.807) is 4.90 Å². The largest absolute Gasteiger partial charge is 0.375 e. The van der Waals surface area contributed by atoms with E-state index >= 15 is 0 Å². The number of amides is 2. The molecule has 3 rings (SSSR count). The number of piperidine rings is 1. The minimum atomic E-state index is -0.465. The van der Waals surface area contributed by atoms with Crippen LogP contribution < -0.4 is 11.1 Å². The Kier molecular flexibility index (Phi) is 9.71. The van der Waals surface area contributed by atoms with Gasteiger partial charge in [0.2, 0.25) is 11.8 Å². The minimum Gasteiger partial charge on any atom is -0.375 e. The smallest absolute Gasteiger partial charge is 0.249 e. The Balaban J connectivity index is 1.74. The van der Waals surface area contributed by atoms with Crippen molar-refractivity contribution in [2.75, 3.05) is 26.8 Å². The summed E-state index contributed by atoms with van der Waals surface area (Å²) in [6, 6.07) is 10.7. The first-order chi connectivity index (χ1) is 15.9. The van der Waals surface area contributed by atoms with Crippen LogP contribution in [0.2, 0.25) is 0 Å². The molecule has 1 aliphatic carbocycles. The predicted octanol–water partition coefficient (Wildman–Crippen LogP) is 2.54. The molecule has 0 spiro atoms. The SMILES string of the molecule is COCC(=O)N1CCC(N(Cc2ccccc2)CC(C)C)C[C@@H]1C(=O)NC1CCC(N)CC1. The highest BCUT2D eigenvalue weighted by Gasteiger charge is 2.39. The average molecular weight is 459 g/mol. The van der Waals surface area contributed by atoms with Crippen molar-refractivity contribution in [3.8, 4) is 0 Å². The molecule has 2 fully saturated rings. The summed E-state index contributed by atoms with van der Waals surface area (Å²) in [4.78, 5) is 30.4. The van der Waals surface area contributed by atoms with Gasteiger partial charge in [0.15, 0.2) is 0 Å². The third-order valence-corrected chi connectivity index (χ3v) is 6.93. The number of nitrogens with two attached hydrogens (primary N) is 1. The van der Waals surface area contributed by atoms with Crippen LogP contribution in [0.15, 0.2) is 30.3 Å². The van der Waals surface area contributed by atoms with Gasteiger partial charge < -0.3 is 20.7 Å². The normalized spacial score (nSPS) is 25.9. The standard InChI is InChI=1S/C26H42N4O3/c1-19(2)16-29(17-20-7-5-4-6-8-20)23-13-14-30(25(31)18-33-3)24(15-23)26(32)28-22-11-9-21(27)10-12-22/h4-8,19,21-24H,9-18,27H2,1-3H3,(H,28,32)/t21?,22?,23?,24-/m1/s1. The van der Waals surface area contributed by atoms with Gasteiger partial charge in [-0.3, -0.25) is 14.5 Å². The van der Waals surface area contributed by atoms with Crippen LogP contribution in [0.3, 0.4) is 0 Å². The van der Waals surface area contributed by atoms with Gasteiger partial charge in [-0.05, 0) is 50.0 Å². The summed E-state index contributed by atoms with van der Waals surface area (Å²) >= 11 is 0. The van der Waals surface area contributed by atoms with E-state index in [1.807, 2.05) is 6.07 Å². The zero-order valence-electron chi connectivity index (χ0n) is 20.5. The highest BCUT2D eigenvalue weighted by atomic mass is 16.5. The number of hydrogen-bond donors (Lipinski definition) is 2. The van der Waals surface area contributed by atoms with Crippen LogP contribution in [0, 0.1) is 5.92 Å². The van der Waals surface area contributed by atoms with Gasteiger partial charge in [0.1, 0.15) is 12.6 Å². The molecule has 0 aromatic heterocycles. The summed E-state index contributed by atoms with van der Waals surface area (Å²) < 4.78 is 5.11. The fourth-order valence-corrected chi connectivity index (χ4v) is 5.22. The fourth-order valence-electron chi connectivity index (χ4n) is 5.22. The molecule has 33 heavy (non-hydrogen) atoms. The van der Waals surface area contributed by atoms with Gasteiger partial charge in [0.05, 0.1) is 0 Å². The Bertz CT molecular complexity index is 749. The Morgan fingerprint density at radius 2 is 1.85 bits per heavy atom. The second kappa shape index (κ2) is 12.5. The molecule has 1 saturated carbocycles. The van der Waals surface area contributed by atoms with Crippen molar-refractivity contribution in [2.24, 2.45) is 11.7 Å². The van der Waals surface area contributed by atoms with Gasteiger partial charge >= 0.3 is 0 Å². The Morgan fingerprint density at radius 1 is 1.15 bits per heavy atom. The number of benzene rings is 1. The monoisotopic (exact) mass is 458 g/mol. The molecule has 0 radical (unpaired) electrons. The molecule has 7 nitrogen and oxygen atoms in total. The van der Waals surface area contributed by atoms with Crippen molar-refractivity contribution in [3.63, 3.8) is 0 Å². The van der Waals surface area contributed by atoms with Crippen LogP contribution in [-0.4, -0.2) is 72.6 Å². The number of rotatable bonds is 9. The molecular weight excluding hydrogens is 416 g/mol. The molecule has 0 bridgehead atoms. The summed E-state index contributed by atoms with van der Waals surface area (Å²) in [6.45, 7) is 6.85. The van der Waals surface area contributed by atoms with E-state index in [1.165, 1.54) is 12.7 Å². The summed E-state index contributed by atoms with van der Waals surface area (Å²) in [5.41, 5.74) is 7.31. The van der Waals surface area contributed by atoms with Crippen molar-refractivity contribution in [2.45, 2.75) is 83.1 Å². The van der Waals surface area contributed by atoms with Crippen LogP contribution in [-0.2, 0) is 20.9 Å². The zero-order valence-corrected chi connectivity index (χ0v) is 20.5. The van der Waals surface area contributed by atoms with Crippen LogP contribution in [0.25, 0.3) is 0 Å². The average Bonchev–Trinajstić information content (AvgIpc) is 2.80. The van der Waals surface area contributed by atoms with Crippen molar-refractivity contribution < 1.29 is 14.3 Å². The number of methoxy groups -OCH3 is 1. The lowest BCUT2D eigenvalue weighted by Crippen LogP contribution is -2.59. The summed E-state index contributed by atoms with van der Waals surface area (Å²) in [7, 11) is 1.52. The van der Waals surface area contributed by atoms with Crippen LogP contribution in [0.5, 0.6) is 0 Å². The predicted molar refractivity (Wildman–Crippen MR) is 130 cm³/mol. The third kappa shape index (κ3) is 7.52. The van der Waals surface area contributed by atoms with E-state index < -0.39 is 6.04 Å². The highest BCUT2D eigenvalue weighted by molar-refractivity contribution is 5.88. The van der Waals surface area contributed by atoms with Crippen LogP contribution in [0.4, 0.5) is 0 Å². The van der Waals surface area contributed by atoms with E-state index in [9.17, 15) is 9.59 Å². The number of ether oxygens (including phenoxy) is 1. The van der Waals surface area contributed by atoms with Crippen molar-refractivity contribution in [1.29, 1.82) is 0 Å². The van der Waals surface area contributed by atoms with Gasteiger partial charge in [-0.15, -0.1) is 0 Å². The van der Waals surface area contributed by atoms with Gasteiger partial charge in [0.25, 0.3) is 0 Å². The van der Waals surface area contributed by atoms with E-state index in [-0.39, 0.29) is 36.5 Å². The third-order valence-electron chi connectivity index (χ3n) is 6.93. The minimum absolute atomic E-state index is 0.00640. The molecule has 1 aromatic rings. The summed E-state index contributed by atoms with van der Waals surface area (Å²) in [5, 5.41) is 3.24. The summed E-state index contributed by atoms with van der Waals surface area (Å²) in [5.74, 6) is 0.370. The maximum absolute atomic E-state index is 13.4. The van der Waals surface area contributed by atoms with Gasteiger partial charge in [-0.25, -0.2) is 0 Å². The number of nitrogens with zero attached hydrogens (tertiary/aromatic N) is 2. The molecule has 7 heteroatoms. The second-order valence-electron chi connectivity index (χ2n) is 10.1. The topological polar surface area (TPSA) is 87.9 Å². The molecule has 2 amide bonds. The molecular formula is C26H42N4O3. The molecule has 2 aliphatic rings. The highest BCUT2D eigenvalue weighted by Crippen LogP contribution is 2.26. The van der Waals surface area contributed by atoms with Crippen molar-refractivity contribution in [1.82, 2.24) is 15.1 Å². The number of carbonyl (C=O) groups excluding carboxylic acids is 2. The Labute approximate surface area is 199 Å². The number of nitrogens with one attached hydrogen (secondary N) is 1. The molecule has 3 N–H and O–H groups in total. The van der Waals surface area contributed by atoms with Gasteiger partial charge in [-0.2, -0.15) is 0 Å². The Morgan fingerprint density at radius 3 is 2.48 bits per heavy atom. The number of likely N-dealkylation sites (tertiary alicyclic amines) is 1.